The molecule has 0 aliphatic heterocycles. The molecule has 0 amide bonds. The van der Waals surface area contributed by atoms with Crippen molar-refractivity contribution >= 4 is 0 Å². The summed E-state index contributed by atoms with van der Waals surface area (Å²) < 4.78 is 0. The highest BCUT2D eigenvalue weighted by Gasteiger charge is 2.23. The lowest BCUT2D eigenvalue weighted by molar-refractivity contribution is 0.264. The first-order chi connectivity index (χ1) is 14.0. The van der Waals surface area contributed by atoms with Crippen molar-refractivity contribution in [2.45, 2.75) is 132 Å². The molecule has 1 aliphatic carbocycles. The van der Waals surface area contributed by atoms with E-state index in [9.17, 15) is 0 Å². The molecule has 0 heteroatoms. The van der Waals surface area contributed by atoms with Crippen molar-refractivity contribution in [3.05, 3.63) is 36.5 Å². The first-order valence-electron chi connectivity index (χ1n) is 13.0. The van der Waals surface area contributed by atoms with E-state index in [0.717, 1.165) is 24.7 Å². The molecule has 0 spiro atoms. The van der Waals surface area contributed by atoms with E-state index in [0.29, 0.717) is 0 Å². The van der Waals surface area contributed by atoms with Crippen LogP contribution in [0.5, 0.6) is 0 Å². The van der Waals surface area contributed by atoms with Gasteiger partial charge in [0.05, 0.1) is 0 Å². The summed E-state index contributed by atoms with van der Waals surface area (Å²) >= 11 is 0. The van der Waals surface area contributed by atoms with Crippen LogP contribution in [0, 0.1) is 17.3 Å². The van der Waals surface area contributed by atoms with Gasteiger partial charge in [0.1, 0.15) is 0 Å². The topological polar surface area (TPSA) is 0 Å². The van der Waals surface area contributed by atoms with Crippen molar-refractivity contribution < 1.29 is 0 Å². The minimum absolute atomic E-state index is 0.276. The normalized spacial score (nSPS) is 18.1. The average molecular weight is 405 g/mol. The third-order valence-corrected chi connectivity index (χ3v) is 6.38. The Morgan fingerprint density at radius 1 is 1.03 bits per heavy atom. The summed E-state index contributed by atoms with van der Waals surface area (Å²) in [6.07, 6.45) is 25.3. The molecule has 0 N–H and O–H groups in total. The molecule has 29 heavy (non-hydrogen) atoms. The summed E-state index contributed by atoms with van der Waals surface area (Å²) in [5.41, 5.74) is 1.93. The van der Waals surface area contributed by atoms with Crippen LogP contribution in [0.2, 0.25) is 0 Å². The van der Waals surface area contributed by atoms with Crippen LogP contribution in [0.3, 0.4) is 0 Å². The maximum absolute atomic E-state index is 3.55. The van der Waals surface area contributed by atoms with Gasteiger partial charge in [-0.1, -0.05) is 130 Å². The van der Waals surface area contributed by atoms with Gasteiger partial charge < -0.3 is 0 Å². The van der Waals surface area contributed by atoms with E-state index < -0.39 is 0 Å². The van der Waals surface area contributed by atoms with Gasteiger partial charge in [-0.15, -0.1) is 6.58 Å². The van der Waals surface area contributed by atoms with Crippen LogP contribution in [0.4, 0.5) is 0 Å². The molecule has 2 atom stereocenters. The number of hydrogen-bond donors (Lipinski definition) is 0. The van der Waals surface area contributed by atoms with Gasteiger partial charge in [-0.2, -0.15) is 0 Å². The summed E-state index contributed by atoms with van der Waals surface area (Å²) in [5, 5.41) is 0. The smallest absolute Gasteiger partial charge is 0.00598 e. The molecule has 0 nitrogen and oxygen atoms in total. The quantitative estimate of drug-likeness (QED) is 0.300. The van der Waals surface area contributed by atoms with Crippen LogP contribution in [0.15, 0.2) is 36.5 Å². The zero-order valence-electron chi connectivity index (χ0n) is 21.7. The largest absolute Gasteiger partial charge is 0.103 e. The molecular weight excluding hydrogens is 348 g/mol. The molecule has 2 unspecified atom stereocenters. The molecule has 1 aliphatic rings. The Labute approximate surface area is 186 Å². The van der Waals surface area contributed by atoms with E-state index >= 15 is 0 Å². The maximum atomic E-state index is 3.55. The van der Waals surface area contributed by atoms with E-state index in [1.54, 1.807) is 5.57 Å². The molecule has 0 heterocycles. The highest BCUT2D eigenvalue weighted by Crippen LogP contribution is 2.37. The van der Waals surface area contributed by atoms with Gasteiger partial charge in [-0.05, 0) is 43.9 Å². The molecule has 172 valence electrons. The predicted molar refractivity (Wildman–Crippen MR) is 138 cm³/mol. The Hall–Kier alpha value is -0.780. The van der Waals surface area contributed by atoms with Crippen molar-refractivity contribution in [3.63, 3.8) is 0 Å². The van der Waals surface area contributed by atoms with Crippen molar-refractivity contribution in [2.75, 3.05) is 0 Å². The molecule has 1 rings (SSSR count). The van der Waals surface area contributed by atoms with Crippen LogP contribution in [-0.2, 0) is 0 Å². The van der Waals surface area contributed by atoms with E-state index in [4.69, 9.17) is 0 Å². The number of allylic oxidation sites excluding steroid dienone is 5. The van der Waals surface area contributed by atoms with Crippen molar-refractivity contribution in [2.24, 2.45) is 17.3 Å². The Balaban J connectivity index is 0. The second-order valence-corrected chi connectivity index (χ2v) is 8.75. The van der Waals surface area contributed by atoms with E-state index in [1.807, 2.05) is 19.9 Å². The van der Waals surface area contributed by atoms with Crippen LogP contribution < -0.4 is 0 Å². The van der Waals surface area contributed by atoms with Crippen LogP contribution in [0.1, 0.15) is 132 Å². The van der Waals surface area contributed by atoms with Crippen molar-refractivity contribution in [1.29, 1.82) is 0 Å². The van der Waals surface area contributed by atoms with Gasteiger partial charge in [-0.3, -0.25) is 0 Å². The lowest BCUT2D eigenvalue weighted by Crippen LogP contribution is -2.17. The second kappa shape index (κ2) is 20.5. The fraction of sp³-hybridized carbons (Fsp3) is 0.793. The number of rotatable bonds is 11. The minimum atomic E-state index is 0.276. The predicted octanol–water partition coefficient (Wildman–Crippen LogP) is 10.7. The third kappa shape index (κ3) is 14.0. The fourth-order valence-electron chi connectivity index (χ4n) is 4.23. The van der Waals surface area contributed by atoms with Gasteiger partial charge in [0, 0.05) is 5.41 Å². The highest BCUT2D eigenvalue weighted by atomic mass is 14.3. The van der Waals surface area contributed by atoms with Crippen molar-refractivity contribution in [1.82, 2.24) is 0 Å². The SMILES string of the molecule is C=CCCC.CC.CC/C=C(\CCC)C(C)(C=CCC(C)C1CCCCC1)CC. The summed E-state index contributed by atoms with van der Waals surface area (Å²) in [6, 6.07) is 0. The van der Waals surface area contributed by atoms with Gasteiger partial charge in [0.25, 0.3) is 0 Å². The summed E-state index contributed by atoms with van der Waals surface area (Å²) in [5.74, 6) is 1.84. The van der Waals surface area contributed by atoms with E-state index in [2.05, 4.69) is 66.3 Å². The first kappa shape index (κ1) is 30.4. The molecule has 1 saturated carbocycles. The molecule has 0 bridgehead atoms. The molecule has 0 radical (unpaired) electrons. The number of unbranched alkanes of at least 4 members (excludes halogenated alkanes) is 1. The van der Waals surface area contributed by atoms with Gasteiger partial charge in [0.2, 0.25) is 0 Å². The standard InChI is InChI=1S/C22H40.C5H10.C2H6/c1-6-13-21(14-7-2)22(5,8-3)18-12-15-19(4)20-16-10-9-11-17-20;1-3-5-4-2;1-2/h12-13,18-20H,6-11,14-17H2,1-5H3;3H,1,4-5H2,2H3;1-2H3/b18-12?,21-13+;;. The van der Waals surface area contributed by atoms with Gasteiger partial charge in [-0.25, -0.2) is 0 Å². The molecular formula is C29H56. The fourth-order valence-corrected chi connectivity index (χ4v) is 4.23. The lowest BCUT2D eigenvalue weighted by Gasteiger charge is -2.30. The molecule has 0 aromatic rings. The van der Waals surface area contributed by atoms with Crippen LogP contribution >= 0.6 is 0 Å². The molecule has 0 aromatic heterocycles. The lowest BCUT2D eigenvalue weighted by atomic mass is 9.75. The zero-order valence-corrected chi connectivity index (χ0v) is 21.7. The Bertz CT molecular complexity index is 408. The Morgan fingerprint density at radius 2 is 1.66 bits per heavy atom. The highest BCUT2D eigenvalue weighted by molar-refractivity contribution is 5.21. The van der Waals surface area contributed by atoms with Gasteiger partial charge >= 0.3 is 0 Å². The first-order valence-corrected chi connectivity index (χ1v) is 13.0. The van der Waals surface area contributed by atoms with E-state index in [1.165, 1.54) is 64.2 Å². The molecule has 1 fully saturated rings. The van der Waals surface area contributed by atoms with E-state index in [-0.39, 0.29) is 5.41 Å². The summed E-state index contributed by atoms with van der Waals surface area (Å²) in [4.78, 5) is 0. The average Bonchev–Trinajstić information content (AvgIpc) is 2.76. The minimum Gasteiger partial charge on any atom is -0.103 e. The third-order valence-electron chi connectivity index (χ3n) is 6.38. The molecule has 0 saturated heterocycles. The van der Waals surface area contributed by atoms with Gasteiger partial charge in [0.15, 0.2) is 0 Å². The number of hydrogen-bond acceptors (Lipinski definition) is 0. The summed E-state index contributed by atoms with van der Waals surface area (Å²) in [7, 11) is 0. The maximum Gasteiger partial charge on any atom is 0.00598 e. The molecule has 0 aromatic carbocycles. The summed E-state index contributed by atoms with van der Waals surface area (Å²) in [6.45, 7) is 21.5. The Kier molecular flexibility index (Phi) is 21.5. The van der Waals surface area contributed by atoms with Crippen LogP contribution in [-0.4, -0.2) is 0 Å². The zero-order chi connectivity index (χ0) is 22.5. The van der Waals surface area contributed by atoms with Crippen LogP contribution in [0.25, 0.3) is 0 Å². The second-order valence-electron chi connectivity index (χ2n) is 8.75. The Morgan fingerprint density at radius 3 is 2.07 bits per heavy atom. The monoisotopic (exact) mass is 404 g/mol. The van der Waals surface area contributed by atoms with Crippen molar-refractivity contribution in [3.8, 4) is 0 Å².